The quantitative estimate of drug-likeness (QED) is 0.755. The van der Waals surface area contributed by atoms with Gasteiger partial charge in [-0.1, -0.05) is 6.42 Å². The molecule has 0 spiro atoms. The molecule has 150 valence electrons. The van der Waals surface area contributed by atoms with E-state index in [0.717, 1.165) is 25.7 Å². The van der Waals surface area contributed by atoms with Gasteiger partial charge in [0.2, 0.25) is 5.91 Å². The largest absolute Gasteiger partial charge is 0.492 e. The Balaban J connectivity index is 1.56. The summed E-state index contributed by atoms with van der Waals surface area (Å²) in [6.45, 7) is 1.93. The molecule has 3 rings (SSSR count). The van der Waals surface area contributed by atoms with E-state index in [0.29, 0.717) is 43.9 Å². The molecule has 5 nitrogen and oxygen atoms in total. The van der Waals surface area contributed by atoms with Crippen LogP contribution in [0.3, 0.4) is 0 Å². The summed E-state index contributed by atoms with van der Waals surface area (Å²) in [6, 6.07) is 6.19. The summed E-state index contributed by atoms with van der Waals surface area (Å²) < 4.78 is 23.8. The number of ether oxygens (including phenoxy) is 2. The van der Waals surface area contributed by atoms with Gasteiger partial charge >= 0.3 is 0 Å². The van der Waals surface area contributed by atoms with E-state index in [-0.39, 0.29) is 23.7 Å². The van der Waals surface area contributed by atoms with Gasteiger partial charge in [0.1, 0.15) is 18.2 Å². The maximum Gasteiger partial charge on any atom is 0.225 e. The Morgan fingerprint density at radius 1 is 1.15 bits per heavy atom. The molecule has 2 aliphatic rings. The normalized spacial score (nSPS) is 27.2. The molecule has 27 heavy (non-hydrogen) atoms. The Morgan fingerprint density at radius 2 is 1.78 bits per heavy atom. The monoisotopic (exact) mass is 378 g/mol. The van der Waals surface area contributed by atoms with Crippen LogP contribution in [0.25, 0.3) is 0 Å². The smallest absolute Gasteiger partial charge is 0.225 e. The minimum absolute atomic E-state index is 0.0581. The number of hydrogen-bond donors (Lipinski definition) is 1. The maximum atomic E-state index is 13.2. The number of carbonyl (C=O) groups excluding carboxylic acids is 1. The Bertz CT molecular complexity index is 596. The third kappa shape index (κ3) is 5.20. The standard InChI is InChI=1S/C21H31FN2O3/c1-26-11-9-24(10-12-27-19-7-5-18(22)6-8-19)21(25)17-13-15-3-2-4-16(14-17)20(15)23/h5-8,15-17,20H,2-4,9-14,23H2,1H3. The van der Waals surface area contributed by atoms with Crippen molar-refractivity contribution in [2.45, 2.75) is 38.1 Å². The van der Waals surface area contributed by atoms with Crippen LogP contribution in [-0.2, 0) is 9.53 Å². The van der Waals surface area contributed by atoms with Crippen LogP contribution in [0.15, 0.2) is 24.3 Å². The van der Waals surface area contributed by atoms with Gasteiger partial charge in [0.25, 0.3) is 0 Å². The van der Waals surface area contributed by atoms with E-state index < -0.39 is 0 Å². The van der Waals surface area contributed by atoms with E-state index in [4.69, 9.17) is 15.2 Å². The molecular weight excluding hydrogens is 347 g/mol. The number of hydrogen-bond acceptors (Lipinski definition) is 4. The highest BCUT2D eigenvalue weighted by atomic mass is 19.1. The van der Waals surface area contributed by atoms with E-state index in [1.807, 2.05) is 4.90 Å². The number of nitrogens with zero attached hydrogens (tertiary/aromatic N) is 1. The number of methoxy groups -OCH3 is 1. The van der Waals surface area contributed by atoms with Crippen molar-refractivity contribution < 1.29 is 18.7 Å². The Kier molecular flexibility index (Phi) is 7.07. The number of amides is 1. The van der Waals surface area contributed by atoms with Crippen molar-refractivity contribution in [2.24, 2.45) is 23.5 Å². The number of halogens is 1. The molecule has 2 fully saturated rings. The second-order valence-corrected chi connectivity index (χ2v) is 7.82. The summed E-state index contributed by atoms with van der Waals surface area (Å²) in [5.41, 5.74) is 6.37. The molecule has 1 amide bonds. The van der Waals surface area contributed by atoms with Crippen molar-refractivity contribution in [3.8, 4) is 5.75 Å². The molecule has 2 bridgehead atoms. The number of rotatable bonds is 8. The summed E-state index contributed by atoms with van der Waals surface area (Å²) in [5.74, 6) is 1.52. The SMILES string of the molecule is COCCN(CCOc1ccc(F)cc1)C(=O)C1CC2CCCC(C1)C2N. The minimum atomic E-state index is -0.291. The first kappa shape index (κ1) is 20.1. The molecule has 6 heteroatoms. The van der Waals surface area contributed by atoms with Crippen LogP contribution in [0.2, 0.25) is 0 Å². The number of carbonyl (C=O) groups is 1. The first-order valence-corrected chi connectivity index (χ1v) is 10.00. The van der Waals surface area contributed by atoms with Crippen molar-refractivity contribution in [1.29, 1.82) is 0 Å². The molecule has 0 saturated heterocycles. The lowest BCUT2D eigenvalue weighted by molar-refractivity contribution is -0.139. The zero-order chi connectivity index (χ0) is 19.2. The van der Waals surface area contributed by atoms with Crippen molar-refractivity contribution in [3.63, 3.8) is 0 Å². The van der Waals surface area contributed by atoms with Crippen LogP contribution < -0.4 is 10.5 Å². The lowest BCUT2D eigenvalue weighted by Crippen LogP contribution is -2.50. The molecule has 0 heterocycles. The molecule has 0 aliphatic heterocycles. The highest BCUT2D eigenvalue weighted by Crippen LogP contribution is 2.42. The summed E-state index contributed by atoms with van der Waals surface area (Å²) in [7, 11) is 1.64. The average molecular weight is 378 g/mol. The van der Waals surface area contributed by atoms with E-state index in [1.165, 1.54) is 18.6 Å². The summed E-state index contributed by atoms with van der Waals surface area (Å²) >= 11 is 0. The third-order valence-electron chi connectivity index (χ3n) is 6.08. The Hall–Kier alpha value is -1.66. The second-order valence-electron chi connectivity index (χ2n) is 7.82. The molecule has 2 saturated carbocycles. The molecule has 2 N–H and O–H groups in total. The van der Waals surface area contributed by atoms with E-state index in [2.05, 4.69) is 0 Å². The average Bonchev–Trinajstić information content (AvgIpc) is 2.65. The number of nitrogens with two attached hydrogens (primary N) is 1. The predicted octanol–water partition coefficient (Wildman–Crippen LogP) is 2.83. The van der Waals surface area contributed by atoms with E-state index in [9.17, 15) is 9.18 Å². The van der Waals surface area contributed by atoms with Crippen LogP contribution in [0.1, 0.15) is 32.1 Å². The molecule has 1 aromatic rings. The van der Waals surface area contributed by atoms with Crippen molar-refractivity contribution >= 4 is 5.91 Å². The zero-order valence-electron chi connectivity index (χ0n) is 16.1. The van der Waals surface area contributed by atoms with Crippen molar-refractivity contribution in [3.05, 3.63) is 30.1 Å². The van der Waals surface area contributed by atoms with Crippen LogP contribution in [0.4, 0.5) is 4.39 Å². The third-order valence-corrected chi connectivity index (χ3v) is 6.08. The lowest BCUT2D eigenvalue weighted by Gasteiger charge is -2.44. The second kappa shape index (κ2) is 9.51. The van der Waals surface area contributed by atoms with Gasteiger partial charge < -0.3 is 20.1 Å². The van der Waals surface area contributed by atoms with Crippen molar-refractivity contribution in [1.82, 2.24) is 4.90 Å². The lowest BCUT2D eigenvalue weighted by atomic mass is 9.65. The molecule has 2 unspecified atom stereocenters. The van der Waals surface area contributed by atoms with Gasteiger partial charge in [-0.2, -0.15) is 0 Å². The number of fused-ring (bicyclic) bond motifs is 2. The molecule has 0 radical (unpaired) electrons. The van der Waals surface area contributed by atoms with Gasteiger partial charge in [-0.25, -0.2) is 4.39 Å². The summed E-state index contributed by atoms with van der Waals surface area (Å²) in [5, 5.41) is 0. The highest BCUT2D eigenvalue weighted by Gasteiger charge is 2.41. The Morgan fingerprint density at radius 3 is 2.41 bits per heavy atom. The van der Waals surface area contributed by atoms with Gasteiger partial charge in [-0.05, 0) is 61.8 Å². The molecule has 2 atom stereocenters. The van der Waals surface area contributed by atoms with E-state index >= 15 is 0 Å². The first-order chi connectivity index (χ1) is 13.1. The zero-order valence-corrected chi connectivity index (χ0v) is 16.1. The molecular formula is C21H31FN2O3. The summed E-state index contributed by atoms with van der Waals surface area (Å²) in [4.78, 5) is 15.0. The fraction of sp³-hybridized carbons (Fsp3) is 0.667. The van der Waals surface area contributed by atoms with Crippen molar-refractivity contribution in [2.75, 3.05) is 33.4 Å². The molecule has 0 aromatic heterocycles. The van der Waals surface area contributed by atoms with Crippen LogP contribution in [-0.4, -0.2) is 50.3 Å². The van der Waals surface area contributed by atoms with Gasteiger partial charge in [0.15, 0.2) is 0 Å². The van der Waals surface area contributed by atoms with Gasteiger partial charge in [0.05, 0.1) is 13.2 Å². The topological polar surface area (TPSA) is 64.8 Å². The Labute approximate surface area is 161 Å². The van der Waals surface area contributed by atoms with Gasteiger partial charge in [-0.15, -0.1) is 0 Å². The summed E-state index contributed by atoms with van der Waals surface area (Å²) in [6.07, 6.45) is 5.33. The van der Waals surface area contributed by atoms with E-state index in [1.54, 1.807) is 19.2 Å². The maximum absolute atomic E-state index is 13.2. The van der Waals surface area contributed by atoms with Gasteiger partial charge in [0, 0.05) is 25.6 Å². The van der Waals surface area contributed by atoms with Crippen LogP contribution in [0.5, 0.6) is 5.75 Å². The fourth-order valence-electron chi connectivity index (χ4n) is 4.59. The molecule has 1 aromatic carbocycles. The minimum Gasteiger partial charge on any atom is -0.492 e. The fourth-order valence-corrected chi connectivity index (χ4v) is 4.59. The highest BCUT2D eigenvalue weighted by molar-refractivity contribution is 5.79. The molecule has 2 aliphatic carbocycles. The number of benzene rings is 1. The van der Waals surface area contributed by atoms with Gasteiger partial charge in [-0.3, -0.25) is 4.79 Å². The first-order valence-electron chi connectivity index (χ1n) is 10.00. The van der Waals surface area contributed by atoms with Crippen LogP contribution >= 0.6 is 0 Å². The predicted molar refractivity (Wildman–Crippen MR) is 102 cm³/mol. The van der Waals surface area contributed by atoms with Crippen LogP contribution in [0, 0.1) is 23.6 Å².